The van der Waals surface area contributed by atoms with Crippen LogP contribution in [0.5, 0.6) is 0 Å². The molecule has 0 aliphatic rings. The molecule has 0 atom stereocenters. The van der Waals surface area contributed by atoms with Crippen LogP contribution in [0.1, 0.15) is 20.8 Å². The first-order chi connectivity index (χ1) is 8.99. The summed E-state index contributed by atoms with van der Waals surface area (Å²) in [6, 6.07) is 4.35. The molecule has 19 heavy (non-hydrogen) atoms. The van der Waals surface area contributed by atoms with Gasteiger partial charge in [-0.2, -0.15) is 0 Å². The summed E-state index contributed by atoms with van der Waals surface area (Å²) >= 11 is 3.18. The lowest BCUT2D eigenvalue weighted by Crippen LogP contribution is -2.16. The van der Waals surface area contributed by atoms with Gasteiger partial charge in [0.25, 0.3) is 5.91 Å². The Kier molecular flexibility index (Phi) is 3.47. The molecule has 0 saturated heterocycles. The van der Waals surface area contributed by atoms with Gasteiger partial charge in [-0.05, 0) is 28.5 Å². The van der Waals surface area contributed by atoms with Gasteiger partial charge in [-0.1, -0.05) is 15.9 Å². The number of hydrogen-bond donors (Lipinski definition) is 3. The van der Waals surface area contributed by atoms with Crippen molar-refractivity contribution < 1.29 is 19.3 Å². The zero-order chi connectivity index (χ0) is 14.0. The van der Waals surface area contributed by atoms with E-state index in [1.807, 2.05) is 0 Å². The van der Waals surface area contributed by atoms with Crippen molar-refractivity contribution in [2.24, 2.45) is 0 Å². The molecular formula is C10H7BrN4O4. The fourth-order valence-electron chi connectivity index (χ4n) is 1.34. The minimum absolute atomic E-state index is 0.0634. The summed E-state index contributed by atoms with van der Waals surface area (Å²) < 4.78 is 4.90. The molecule has 0 aliphatic heterocycles. The van der Waals surface area contributed by atoms with Gasteiger partial charge in [0.2, 0.25) is 11.5 Å². The molecule has 0 fully saturated rings. The van der Waals surface area contributed by atoms with Crippen molar-refractivity contribution in [3.63, 3.8) is 0 Å². The van der Waals surface area contributed by atoms with Crippen molar-refractivity contribution in [2.45, 2.75) is 0 Å². The van der Waals surface area contributed by atoms with Crippen LogP contribution in [0.4, 0.5) is 11.5 Å². The molecule has 2 rings (SSSR count). The van der Waals surface area contributed by atoms with E-state index in [1.165, 1.54) is 12.1 Å². The Labute approximate surface area is 114 Å². The summed E-state index contributed by atoms with van der Waals surface area (Å²) in [6.45, 7) is 0. The predicted molar refractivity (Wildman–Crippen MR) is 67.8 cm³/mol. The maximum atomic E-state index is 11.8. The minimum Gasteiger partial charge on any atom is -0.478 e. The number of anilines is 2. The van der Waals surface area contributed by atoms with Gasteiger partial charge in [0.15, 0.2) is 0 Å². The normalized spacial score (nSPS) is 10.2. The van der Waals surface area contributed by atoms with Crippen molar-refractivity contribution in [3.8, 4) is 0 Å². The van der Waals surface area contributed by atoms with E-state index in [1.54, 1.807) is 6.07 Å². The summed E-state index contributed by atoms with van der Waals surface area (Å²) in [5.74, 6) is -2.06. The van der Waals surface area contributed by atoms with Crippen molar-refractivity contribution >= 4 is 39.3 Å². The molecule has 1 aromatic carbocycles. The van der Waals surface area contributed by atoms with Crippen molar-refractivity contribution in [2.75, 3.05) is 11.1 Å². The predicted octanol–water partition coefficient (Wildman–Crippen LogP) is 1.36. The molecule has 4 N–H and O–H groups in total. The Morgan fingerprint density at radius 2 is 2.11 bits per heavy atom. The Hall–Kier alpha value is -2.42. The first-order valence-corrected chi connectivity index (χ1v) is 5.70. The molecule has 1 heterocycles. The van der Waals surface area contributed by atoms with Gasteiger partial charge in [0, 0.05) is 4.47 Å². The average molecular weight is 327 g/mol. The van der Waals surface area contributed by atoms with Crippen molar-refractivity contribution in [1.82, 2.24) is 10.3 Å². The number of carboxylic acid groups (broad SMARTS) is 1. The number of carbonyl (C=O) groups is 2. The molecule has 8 nitrogen and oxygen atoms in total. The second kappa shape index (κ2) is 5.06. The summed E-state index contributed by atoms with van der Waals surface area (Å²) in [7, 11) is 0. The number of nitrogens with zero attached hydrogens (tertiary/aromatic N) is 2. The van der Waals surface area contributed by atoms with Crippen LogP contribution in [-0.2, 0) is 0 Å². The van der Waals surface area contributed by atoms with E-state index in [9.17, 15) is 9.59 Å². The molecule has 1 aromatic heterocycles. The third-order valence-corrected chi connectivity index (χ3v) is 2.68. The molecule has 0 radical (unpaired) electrons. The topological polar surface area (TPSA) is 131 Å². The number of nitrogens with one attached hydrogen (secondary N) is 1. The van der Waals surface area contributed by atoms with Crippen molar-refractivity contribution in [3.05, 3.63) is 33.9 Å². The van der Waals surface area contributed by atoms with E-state index >= 15 is 0 Å². The van der Waals surface area contributed by atoms with E-state index < -0.39 is 11.9 Å². The summed E-state index contributed by atoms with van der Waals surface area (Å²) in [5.41, 5.74) is 5.20. The van der Waals surface area contributed by atoms with Gasteiger partial charge in [-0.3, -0.25) is 4.79 Å². The molecule has 1 amide bonds. The lowest BCUT2D eigenvalue weighted by atomic mass is 10.2. The molecule has 0 aliphatic carbocycles. The standard InChI is InChI=1S/C10H7BrN4O4/c11-4-1-2-5(10(17)18)6(3-4)13-9(16)7-8(12)15-19-14-7/h1-3H,(H2,12,15)(H,13,16)(H,17,18). The number of nitrogens with two attached hydrogens (primary N) is 1. The van der Waals surface area contributed by atoms with Gasteiger partial charge >= 0.3 is 5.97 Å². The number of benzene rings is 1. The highest BCUT2D eigenvalue weighted by molar-refractivity contribution is 9.10. The maximum Gasteiger partial charge on any atom is 0.337 e. The first kappa shape index (κ1) is 13.0. The third-order valence-electron chi connectivity index (χ3n) is 2.19. The number of carboxylic acids is 1. The highest BCUT2D eigenvalue weighted by Crippen LogP contribution is 2.22. The molecule has 2 aromatic rings. The second-order valence-corrected chi connectivity index (χ2v) is 4.36. The Bertz CT molecular complexity index is 655. The Morgan fingerprint density at radius 1 is 1.37 bits per heavy atom. The Morgan fingerprint density at radius 3 is 2.68 bits per heavy atom. The van der Waals surface area contributed by atoms with Crippen molar-refractivity contribution in [1.29, 1.82) is 0 Å². The zero-order valence-electron chi connectivity index (χ0n) is 9.25. The number of amides is 1. The maximum absolute atomic E-state index is 11.8. The van der Waals surface area contributed by atoms with Crippen LogP contribution in [0.15, 0.2) is 27.3 Å². The van der Waals surface area contributed by atoms with Gasteiger partial charge in [-0.15, -0.1) is 0 Å². The van der Waals surface area contributed by atoms with Crippen LogP contribution in [0.2, 0.25) is 0 Å². The monoisotopic (exact) mass is 326 g/mol. The zero-order valence-corrected chi connectivity index (χ0v) is 10.8. The van der Waals surface area contributed by atoms with Crippen LogP contribution in [0, 0.1) is 0 Å². The highest BCUT2D eigenvalue weighted by atomic mass is 79.9. The lowest BCUT2D eigenvalue weighted by molar-refractivity contribution is 0.0698. The van der Waals surface area contributed by atoms with Gasteiger partial charge < -0.3 is 16.2 Å². The van der Waals surface area contributed by atoms with E-state index in [-0.39, 0.29) is 22.8 Å². The van der Waals surface area contributed by atoms with E-state index in [4.69, 9.17) is 10.8 Å². The smallest absolute Gasteiger partial charge is 0.337 e. The van der Waals surface area contributed by atoms with Gasteiger partial charge in [0.1, 0.15) is 0 Å². The molecule has 0 spiro atoms. The molecule has 0 saturated carbocycles. The van der Waals surface area contributed by atoms with E-state index in [0.717, 1.165) is 0 Å². The SMILES string of the molecule is Nc1nonc1C(=O)Nc1cc(Br)ccc1C(=O)O. The summed E-state index contributed by atoms with van der Waals surface area (Å²) in [5, 5.41) is 18.0. The van der Waals surface area contributed by atoms with Crippen LogP contribution in [0.3, 0.4) is 0 Å². The molecule has 9 heteroatoms. The Balaban J connectivity index is 2.33. The number of nitrogen functional groups attached to an aromatic ring is 1. The largest absolute Gasteiger partial charge is 0.478 e. The van der Waals surface area contributed by atoms with Crippen LogP contribution < -0.4 is 11.1 Å². The van der Waals surface area contributed by atoms with Crippen LogP contribution >= 0.6 is 15.9 Å². The fourth-order valence-corrected chi connectivity index (χ4v) is 1.70. The number of aromatic carboxylic acids is 1. The highest BCUT2D eigenvalue weighted by Gasteiger charge is 2.19. The number of rotatable bonds is 3. The minimum atomic E-state index is -1.17. The number of hydrogen-bond acceptors (Lipinski definition) is 6. The van der Waals surface area contributed by atoms with Gasteiger partial charge in [0.05, 0.1) is 11.3 Å². The first-order valence-electron chi connectivity index (χ1n) is 4.91. The number of halogens is 1. The van der Waals surface area contributed by atoms with E-state index in [2.05, 4.69) is 36.2 Å². The average Bonchev–Trinajstić information content (AvgIpc) is 2.75. The summed E-state index contributed by atoms with van der Waals surface area (Å²) in [4.78, 5) is 22.9. The summed E-state index contributed by atoms with van der Waals surface area (Å²) in [6.07, 6.45) is 0. The molecular weight excluding hydrogens is 320 g/mol. The second-order valence-electron chi connectivity index (χ2n) is 3.45. The number of carbonyl (C=O) groups excluding carboxylic acids is 1. The third kappa shape index (κ3) is 2.71. The number of aromatic nitrogens is 2. The molecule has 0 unspecified atom stereocenters. The molecule has 0 bridgehead atoms. The quantitative estimate of drug-likeness (QED) is 0.775. The van der Waals surface area contributed by atoms with Crippen LogP contribution in [0.25, 0.3) is 0 Å². The lowest BCUT2D eigenvalue weighted by Gasteiger charge is -2.07. The van der Waals surface area contributed by atoms with Crippen LogP contribution in [-0.4, -0.2) is 27.3 Å². The van der Waals surface area contributed by atoms with E-state index in [0.29, 0.717) is 4.47 Å². The molecule has 98 valence electrons. The fraction of sp³-hybridized carbons (Fsp3) is 0. The van der Waals surface area contributed by atoms with Gasteiger partial charge in [-0.25, -0.2) is 9.42 Å².